The molecular formula is C12H9N3OS3. The summed E-state index contributed by atoms with van der Waals surface area (Å²) in [6.45, 7) is 0. The van der Waals surface area contributed by atoms with Gasteiger partial charge in [-0.3, -0.25) is 9.97 Å². The highest BCUT2D eigenvalue weighted by Gasteiger charge is 2.06. The maximum atomic E-state index is 5.61. The van der Waals surface area contributed by atoms with Gasteiger partial charge in [0.05, 0.1) is 5.69 Å². The van der Waals surface area contributed by atoms with E-state index >= 15 is 0 Å². The average Bonchev–Trinajstić information content (AvgIpc) is 2.87. The van der Waals surface area contributed by atoms with Crippen LogP contribution in [-0.4, -0.2) is 15.0 Å². The van der Waals surface area contributed by atoms with Gasteiger partial charge in [0, 0.05) is 35.1 Å². The molecule has 0 atom stereocenters. The molecule has 0 saturated heterocycles. The summed E-state index contributed by atoms with van der Waals surface area (Å²) in [5.74, 6) is 0.811. The van der Waals surface area contributed by atoms with Gasteiger partial charge in [0.1, 0.15) is 5.52 Å². The van der Waals surface area contributed by atoms with E-state index in [2.05, 4.69) is 15.0 Å². The number of fused-ring (bicyclic) bond motifs is 1. The quantitative estimate of drug-likeness (QED) is 0.517. The minimum atomic E-state index is 0.679. The number of benzene rings is 1. The highest BCUT2D eigenvalue weighted by molar-refractivity contribution is 9.09. The molecule has 0 aliphatic heterocycles. The van der Waals surface area contributed by atoms with Crippen molar-refractivity contribution in [3.63, 3.8) is 0 Å². The van der Waals surface area contributed by atoms with E-state index < -0.39 is 0 Å². The van der Waals surface area contributed by atoms with Crippen LogP contribution in [0.2, 0.25) is 0 Å². The number of aromatic nitrogens is 3. The van der Waals surface area contributed by atoms with Crippen molar-refractivity contribution in [1.82, 2.24) is 15.0 Å². The third-order valence-corrected chi connectivity index (χ3v) is 5.90. The zero-order chi connectivity index (χ0) is 12.9. The summed E-state index contributed by atoms with van der Waals surface area (Å²) in [6, 6.07) is 7.76. The van der Waals surface area contributed by atoms with Crippen LogP contribution in [0.4, 0.5) is 0 Å². The Bertz CT molecular complexity index is 626. The van der Waals surface area contributed by atoms with E-state index in [1.165, 1.54) is 10.8 Å². The largest absolute Gasteiger partial charge is 0.431 e. The summed E-state index contributed by atoms with van der Waals surface area (Å²) in [5.41, 5.74) is 2.69. The van der Waals surface area contributed by atoms with Crippen LogP contribution in [-0.2, 0) is 5.75 Å². The van der Waals surface area contributed by atoms with Crippen molar-refractivity contribution in [1.29, 1.82) is 0 Å². The molecule has 0 fully saturated rings. The van der Waals surface area contributed by atoms with E-state index in [-0.39, 0.29) is 0 Å². The number of rotatable bonds is 5. The van der Waals surface area contributed by atoms with Gasteiger partial charge in [-0.15, -0.1) is 0 Å². The second-order valence-electron chi connectivity index (χ2n) is 3.56. The van der Waals surface area contributed by atoms with Gasteiger partial charge in [0.25, 0.3) is 5.22 Å². The first-order valence-electron chi connectivity index (χ1n) is 5.48. The molecule has 0 saturated carbocycles. The van der Waals surface area contributed by atoms with Gasteiger partial charge in [-0.2, -0.15) is 0 Å². The summed E-state index contributed by atoms with van der Waals surface area (Å²) >= 11 is 0. The number of oxazole rings is 1. The normalized spacial score (nSPS) is 10.9. The highest BCUT2D eigenvalue weighted by Crippen LogP contribution is 2.41. The minimum absolute atomic E-state index is 0.679. The van der Waals surface area contributed by atoms with Crippen LogP contribution in [0.1, 0.15) is 5.69 Å². The molecule has 7 heteroatoms. The Morgan fingerprint density at radius 1 is 1.16 bits per heavy atom. The summed E-state index contributed by atoms with van der Waals surface area (Å²) in [5, 5.41) is 0.679. The van der Waals surface area contributed by atoms with E-state index in [1.54, 1.807) is 39.2 Å². The van der Waals surface area contributed by atoms with Crippen LogP contribution >= 0.6 is 31.4 Å². The molecule has 3 rings (SSSR count). The lowest BCUT2D eigenvalue weighted by molar-refractivity contribution is 0.491. The Morgan fingerprint density at radius 3 is 2.95 bits per heavy atom. The highest BCUT2D eigenvalue weighted by atomic mass is 33.5. The van der Waals surface area contributed by atoms with Gasteiger partial charge in [0.2, 0.25) is 0 Å². The van der Waals surface area contributed by atoms with Gasteiger partial charge in [0.15, 0.2) is 5.58 Å². The van der Waals surface area contributed by atoms with Crippen LogP contribution in [0.5, 0.6) is 0 Å². The number of hydrogen-bond donors (Lipinski definition) is 0. The smallest absolute Gasteiger partial charge is 0.268 e. The summed E-state index contributed by atoms with van der Waals surface area (Å²) < 4.78 is 5.61. The van der Waals surface area contributed by atoms with Crippen LogP contribution in [0.15, 0.2) is 52.5 Å². The summed E-state index contributed by atoms with van der Waals surface area (Å²) in [4.78, 5) is 12.6. The average molecular weight is 307 g/mol. The van der Waals surface area contributed by atoms with Gasteiger partial charge in [-0.1, -0.05) is 22.9 Å². The van der Waals surface area contributed by atoms with E-state index in [0.717, 1.165) is 22.5 Å². The fourth-order valence-corrected chi connectivity index (χ4v) is 4.54. The molecule has 4 nitrogen and oxygen atoms in total. The van der Waals surface area contributed by atoms with Gasteiger partial charge < -0.3 is 4.42 Å². The second kappa shape index (κ2) is 6.31. The van der Waals surface area contributed by atoms with E-state index in [0.29, 0.717) is 5.22 Å². The fourth-order valence-electron chi connectivity index (χ4n) is 1.43. The molecule has 0 radical (unpaired) electrons. The predicted molar refractivity (Wildman–Crippen MR) is 80.8 cm³/mol. The number of hydrogen-bond acceptors (Lipinski definition) is 7. The fraction of sp³-hybridized carbons (Fsp3) is 0.0833. The molecule has 0 aliphatic rings. The Hall–Kier alpha value is -1.18. The SMILES string of the molecule is c1ccc2oc(SSSCc3cnccn3)nc2c1. The lowest BCUT2D eigenvalue weighted by Crippen LogP contribution is -1.84. The maximum absolute atomic E-state index is 5.61. The van der Waals surface area contributed by atoms with Gasteiger partial charge in [-0.25, -0.2) is 4.98 Å². The first-order valence-corrected chi connectivity index (χ1v) is 9.13. The lowest BCUT2D eigenvalue weighted by atomic mass is 10.3. The van der Waals surface area contributed by atoms with E-state index in [4.69, 9.17) is 4.42 Å². The summed E-state index contributed by atoms with van der Waals surface area (Å²) in [7, 11) is 4.83. The third-order valence-electron chi connectivity index (χ3n) is 2.25. The molecule has 3 aromatic rings. The Kier molecular flexibility index (Phi) is 4.27. The molecular weight excluding hydrogens is 298 g/mol. The van der Waals surface area contributed by atoms with Crippen molar-refractivity contribution in [2.75, 3.05) is 0 Å². The Balaban J connectivity index is 1.52. The number of nitrogens with zero attached hydrogens (tertiary/aromatic N) is 3. The maximum Gasteiger partial charge on any atom is 0.268 e. The zero-order valence-corrected chi connectivity index (χ0v) is 12.2. The molecule has 96 valence electrons. The van der Waals surface area contributed by atoms with Crippen LogP contribution in [0.25, 0.3) is 11.1 Å². The van der Waals surface area contributed by atoms with Crippen molar-refractivity contribution in [2.45, 2.75) is 11.0 Å². The molecule has 0 N–H and O–H groups in total. The van der Waals surface area contributed by atoms with E-state index in [9.17, 15) is 0 Å². The lowest BCUT2D eigenvalue weighted by Gasteiger charge is -1.96. The van der Waals surface area contributed by atoms with Crippen molar-refractivity contribution >= 4 is 42.5 Å². The van der Waals surface area contributed by atoms with Crippen LogP contribution in [0.3, 0.4) is 0 Å². The number of para-hydroxylation sites is 2. The summed E-state index contributed by atoms with van der Waals surface area (Å²) in [6.07, 6.45) is 5.15. The van der Waals surface area contributed by atoms with Crippen molar-refractivity contribution in [3.05, 3.63) is 48.5 Å². The first kappa shape index (κ1) is 12.8. The molecule has 19 heavy (non-hydrogen) atoms. The molecule has 0 bridgehead atoms. The predicted octanol–water partition coefficient (Wildman–Crippen LogP) is 4.21. The topological polar surface area (TPSA) is 51.8 Å². The standard InChI is InChI=1S/C12H9N3OS3/c1-2-4-11-10(3-1)15-12(16-11)18-19-17-8-9-7-13-5-6-14-9/h1-7H,8H2. The molecule has 1 aromatic carbocycles. The Labute approximate surface area is 121 Å². The second-order valence-corrected chi connectivity index (χ2v) is 7.57. The third kappa shape index (κ3) is 3.43. The van der Waals surface area contributed by atoms with Crippen LogP contribution < -0.4 is 0 Å². The zero-order valence-electron chi connectivity index (χ0n) is 9.72. The molecule has 2 heterocycles. The molecule has 0 aliphatic carbocycles. The minimum Gasteiger partial charge on any atom is -0.431 e. The van der Waals surface area contributed by atoms with E-state index in [1.807, 2.05) is 24.3 Å². The molecule has 0 amide bonds. The molecule has 2 aromatic heterocycles. The van der Waals surface area contributed by atoms with Crippen LogP contribution in [0, 0.1) is 0 Å². The van der Waals surface area contributed by atoms with Gasteiger partial charge in [-0.05, 0) is 22.0 Å². The van der Waals surface area contributed by atoms with Crippen molar-refractivity contribution in [2.24, 2.45) is 0 Å². The van der Waals surface area contributed by atoms with Gasteiger partial charge >= 0.3 is 0 Å². The molecule has 0 spiro atoms. The first-order chi connectivity index (χ1) is 9.42. The van der Waals surface area contributed by atoms with Crippen molar-refractivity contribution in [3.8, 4) is 0 Å². The Morgan fingerprint density at radius 2 is 2.11 bits per heavy atom. The monoisotopic (exact) mass is 307 g/mol. The molecule has 0 unspecified atom stereocenters. The van der Waals surface area contributed by atoms with Crippen molar-refractivity contribution < 1.29 is 4.42 Å².